The summed E-state index contributed by atoms with van der Waals surface area (Å²) in [5, 5.41) is 2.55. The number of nitrogens with zero attached hydrogens (tertiary/aromatic N) is 1. The SMILES string of the molecule is CCOC(=O)c1ccc(NC(=O)COC(=O)CCCN2C(=O)c3ccccc3C2=O)cc1. The number of nitrogens with one attached hydrogen (secondary N) is 1. The first kappa shape index (κ1) is 22.7. The van der Waals surface area contributed by atoms with Gasteiger partial charge in [0.15, 0.2) is 6.61 Å². The molecule has 0 fully saturated rings. The number of rotatable bonds is 9. The minimum atomic E-state index is -0.616. The zero-order chi connectivity index (χ0) is 23.1. The average molecular weight is 438 g/mol. The van der Waals surface area contributed by atoms with E-state index >= 15 is 0 Å². The second kappa shape index (κ2) is 10.3. The molecular formula is C23H22N2O7. The van der Waals surface area contributed by atoms with E-state index in [1.807, 2.05) is 0 Å². The monoisotopic (exact) mass is 438 g/mol. The van der Waals surface area contributed by atoms with E-state index in [-0.39, 0.29) is 37.8 Å². The largest absolute Gasteiger partial charge is 0.462 e. The Morgan fingerprint density at radius 3 is 2.12 bits per heavy atom. The van der Waals surface area contributed by atoms with Crippen LogP contribution in [0.2, 0.25) is 0 Å². The Morgan fingerprint density at radius 2 is 1.53 bits per heavy atom. The van der Waals surface area contributed by atoms with E-state index in [0.29, 0.717) is 22.4 Å². The summed E-state index contributed by atoms with van der Waals surface area (Å²) in [4.78, 5) is 61.1. The highest BCUT2D eigenvalue weighted by atomic mass is 16.5. The Bertz CT molecular complexity index is 1010. The molecule has 0 saturated carbocycles. The van der Waals surface area contributed by atoms with Crippen LogP contribution >= 0.6 is 0 Å². The van der Waals surface area contributed by atoms with Crippen molar-refractivity contribution in [2.24, 2.45) is 0 Å². The molecule has 0 atom stereocenters. The number of amides is 3. The molecule has 1 N–H and O–H groups in total. The van der Waals surface area contributed by atoms with Crippen LogP contribution in [-0.4, -0.2) is 54.3 Å². The molecule has 1 heterocycles. The van der Waals surface area contributed by atoms with Crippen LogP contribution in [0.4, 0.5) is 5.69 Å². The van der Waals surface area contributed by atoms with Gasteiger partial charge in [-0.3, -0.25) is 24.1 Å². The molecule has 0 spiro atoms. The van der Waals surface area contributed by atoms with Gasteiger partial charge in [-0.25, -0.2) is 4.79 Å². The van der Waals surface area contributed by atoms with Crippen molar-refractivity contribution in [3.8, 4) is 0 Å². The molecule has 1 aliphatic heterocycles. The van der Waals surface area contributed by atoms with Gasteiger partial charge in [-0.2, -0.15) is 0 Å². The molecule has 0 aromatic heterocycles. The van der Waals surface area contributed by atoms with Gasteiger partial charge in [0.05, 0.1) is 23.3 Å². The van der Waals surface area contributed by atoms with Gasteiger partial charge in [0.2, 0.25) is 0 Å². The number of ether oxygens (including phenoxy) is 2. The Hall–Kier alpha value is -4.01. The van der Waals surface area contributed by atoms with Gasteiger partial charge in [-0.1, -0.05) is 12.1 Å². The number of esters is 2. The van der Waals surface area contributed by atoms with Crippen LogP contribution in [0.1, 0.15) is 50.8 Å². The maximum absolute atomic E-state index is 12.3. The molecule has 3 rings (SSSR count). The second-order valence-corrected chi connectivity index (χ2v) is 6.92. The molecule has 2 aromatic rings. The van der Waals surface area contributed by atoms with E-state index < -0.39 is 24.5 Å². The van der Waals surface area contributed by atoms with Crippen molar-refractivity contribution < 1.29 is 33.4 Å². The smallest absolute Gasteiger partial charge is 0.338 e. The predicted molar refractivity (Wildman–Crippen MR) is 113 cm³/mol. The fraction of sp³-hybridized carbons (Fsp3) is 0.261. The first-order chi connectivity index (χ1) is 15.4. The van der Waals surface area contributed by atoms with Gasteiger partial charge < -0.3 is 14.8 Å². The van der Waals surface area contributed by atoms with Gasteiger partial charge in [-0.15, -0.1) is 0 Å². The van der Waals surface area contributed by atoms with Crippen LogP contribution in [0, 0.1) is 0 Å². The molecule has 3 amide bonds. The van der Waals surface area contributed by atoms with Gasteiger partial charge in [0.1, 0.15) is 0 Å². The summed E-state index contributed by atoms with van der Waals surface area (Å²) in [6, 6.07) is 12.6. The van der Waals surface area contributed by atoms with E-state index in [1.54, 1.807) is 31.2 Å². The third-order valence-electron chi connectivity index (χ3n) is 4.68. The summed E-state index contributed by atoms with van der Waals surface area (Å²) >= 11 is 0. The molecule has 0 bridgehead atoms. The van der Waals surface area contributed by atoms with Crippen molar-refractivity contribution >= 4 is 35.3 Å². The molecule has 0 saturated heterocycles. The summed E-state index contributed by atoms with van der Waals surface area (Å²) < 4.78 is 9.82. The number of benzene rings is 2. The molecule has 0 unspecified atom stereocenters. The molecule has 1 aliphatic rings. The van der Waals surface area contributed by atoms with E-state index in [2.05, 4.69) is 5.32 Å². The van der Waals surface area contributed by atoms with Crippen molar-refractivity contribution in [3.63, 3.8) is 0 Å². The van der Waals surface area contributed by atoms with Crippen molar-refractivity contribution in [1.29, 1.82) is 0 Å². The number of carbonyl (C=O) groups excluding carboxylic acids is 5. The van der Waals surface area contributed by atoms with Gasteiger partial charge in [0.25, 0.3) is 17.7 Å². The van der Waals surface area contributed by atoms with Crippen LogP contribution < -0.4 is 5.32 Å². The molecule has 0 aliphatic carbocycles. The molecule has 166 valence electrons. The highest BCUT2D eigenvalue weighted by Gasteiger charge is 2.34. The van der Waals surface area contributed by atoms with E-state index in [4.69, 9.17) is 9.47 Å². The first-order valence-electron chi connectivity index (χ1n) is 10.1. The lowest BCUT2D eigenvalue weighted by atomic mass is 10.1. The van der Waals surface area contributed by atoms with E-state index in [0.717, 1.165) is 4.90 Å². The summed E-state index contributed by atoms with van der Waals surface area (Å²) in [7, 11) is 0. The Labute approximate surface area is 184 Å². The fourth-order valence-electron chi connectivity index (χ4n) is 3.14. The summed E-state index contributed by atoms with van der Waals surface area (Å²) in [6.07, 6.45) is 0.177. The Kier molecular flexibility index (Phi) is 7.33. The third kappa shape index (κ3) is 5.37. The second-order valence-electron chi connectivity index (χ2n) is 6.92. The number of hydrogen-bond donors (Lipinski definition) is 1. The lowest BCUT2D eigenvalue weighted by molar-refractivity contribution is -0.147. The first-order valence-corrected chi connectivity index (χ1v) is 10.1. The van der Waals surface area contributed by atoms with Crippen molar-refractivity contribution in [3.05, 3.63) is 65.2 Å². The average Bonchev–Trinajstić information content (AvgIpc) is 3.03. The minimum absolute atomic E-state index is 0.0467. The van der Waals surface area contributed by atoms with E-state index in [9.17, 15) is 24.0 Å². The van der Waals surface area contributed by atoms with Gasteiger partial charge >= 0.3 is 11.9 Å². The van der Waals surface area contributed by atoms with Crippen LogP contribution in [-0.2, 0) is 19.1 Å². The topological polar surface area (TPSA) is 119 Å². The van der Waals surface area contributed by atoms with Crippen LogP contribution in [0.25, 0.3) is 0 Å². The lowest BCUT2D eigenvalue weighted by Crippen LogP contribution is -2.31. The number of carbonyl (C=O) groups is 5. The van der Waals surface area contributed by atoms with Crippen LogP contribution in [0.15, 0.2) is 48.5 Å². The molecule has 0 radical (unpaired) electrons. The third-order valence-corrected chi connectivity index (χ3v) is 4.68. The Morgan fingerprint density at radius 1 is 0.906 bits per heavy atom. The van der Waals surface area contributed by atoms with Gasteiger partial charge in [-0.05, 0) is 49.7 Å². The highest BCUT2D eigenvalue weighted by Crippen LogP contribution is 2.22. The summed E-state index contributed by atoms with van der Waals surface area (Å²) in [5.41, 5.74) is 1.50. The fourth-order valence-corrected chi connectivity index (χ4v) is 3.14. The zero-order valence-electron chi connectivity index (χ0n) is 17.5. The van der Waals surface area contributed by atoms with Crippen LogP contribution in [0.5, 0.6) is 0 Å². The van der Waals surface area contributed by atoms with Crippen molar-refractivity contribution in [1.82, 2.24) is 4.90 Å². The number of hydrogen-bond acceptors (Lipinski definition) is 7. The molecule has 32 heavy (non-hydrogen) atoms. The van der Waals surface area contributed by atoms with Crippen molar-refractivity contribution in [2.75, 3.05) is 25.1 Å². The summed E-state index contributed by atoms with van der Waals surface area (Å²) in [6.45, 7) is 1.57. The lowest BCUT2D eigenvalue weighted by Gasteiger charge is -2.13. The minimum Gasteiger partial charge on any atom is -0.462 e. The zero-order valence-corrected chi connectivity index (χ0v) is 17.5. The normalized spacial score (nSPS) is 12.3. The number of anilines is 1. The number of fused-ring (bicyclic) bond motifs is 1. The van der Waals surface area contributed by atoms with Gasteiger partial charge in [0, 0.05) is 18.7 Å². The maximum Gasteiger partial charge on any atom is 0.338 e. The van der Waals surface area contributed by atoms with Crippen molar-refractivity contribution in [2.45, 2.75) is 19.8 Å². The highest BCUT2D eigenvalue weighted by molar-refractivity contribution is 6.21. The number of imide groups is 1. The molecule has 9 heteroatoms. The molecule has 9 nitrogen and oxygen atoms in total. The van der Waals surface area contributed by atoms with Crippen LogP contribution in [0.3, 0.4) is 0 Å². The Balaban J connectivity index is 1.38. The quantitative estimate of drug-likeness (QED) is 0.472. The maximum atomic E-state index is 12.3. The standard InChI is InChI=1S/C23H22N2O7/c1-2-31-23(30)15-9-11-16(12-10-15)24-19(26)14-32-20(27)8-5-13-25-21(28)17-6-3-4-7-18(17)22(25)29/h3-4,6-7,9-12H,2,5,8,13-14H2,1H3,(H,24,26). The molecule has 2 aromatic carbocycles. The molecular weight excluding hydrogens is 416 g/mol. The van der Waals surface area contributed by atoms with E-state index in [1.165, 1.54) is 24.3 Å². The predicted octanol–water partition coefficient (Wildman–Crippen LogP) is 2.42. The summed E-state index contributed by atoms with van der Waals surface area (Å²) in [5.74, 6) is -2.38.